The Morgan fingerprint density at radius 1 is 1.25 bits per heavy atom. The summed E-state index contributed by atoms with van der Waals surface area (Å²) in [5, 5.41) is 2.97. The minimum absolute atomic E-state index is 0.0108. The summed E-state index contributed by atoms with van der Waals surface area (Å²) in [6.45, 7) is 9.44. The van der Waals surface area contributed by atoms with Crippen molar-refractivity contribution in [3.05, 3.63) is 35.9 Å². The summed E-state index contributed by atoms with van der Waals surface area (Å²) < 4.78 is 0. The van der Waals surface area contributed by atoms with Gasteiger partial charge in [-0.05, 0) is 23.5 Å². The molecule has 1 aromatic rings. The van der Waals surface area contributed by atoms with Crippen LogP contribution < -0.4 is 5.32 Å². The van der Waals surface area contributed by atoms with E-state index >= 15 is 0 Å². The van der Waals surface area contributed by atoms with E-state index in [9.17, 15) is 4.79 Å². The van der Waals surface area contributed by atoms with Crippen LogP contribution in [0.5, 0.6) is 0 Å². The molecule has 16 heavy (non-hydrogen) atoms. The van der Waals surface area contributed by atoms with E-state index in [-0.39, 0.29) is 11.3 Å². The van der Waals surface area contributed by atoms with Gasteiger partial charge in [0.05, 0.1) is 0 Å². The Labute approximate surface area is 98.1 Å². The lowest BCUT2D eigenvalue weighted by Gasteiger charge is -2.27. The summed E-state index contributed by atoms with van der Waals surface area (Å²) in [6, 6.07) is 9.33. The van der Waals surface area contributed by atoms with Gasteiger partial charge in [-0.15, -0.1) is 0 Å². The maximum atomic E-state index is 11.8. The monoisotopic (exact) mass is 219 g/mol. The Morgan fingerprint density at radius 3 is 2.31 bits per heavy atom. The molecule has 0 aliphatic carbocycles. The third-order valence-corrected chi connectivity index (χ3v) is 3.08. The third kappa shape index (κ3) is 3.69. The number of amides is 1. The Kier molecular flexibility index (Phi) is 4.11. The van der Waals surface area contributed by atoms with Gasteiger partial charge in [-0.1, -0.05) is 45.9 Å². The van der Waals surface area contributed by atoms with E-state index in [4.69, 9.17) is 0 Å². The zero-order valence-corrected chi connectivity index (χ0v) is 10.6. The van der Waals surface area contributed by atoms with Crippen LogP contribution in [0.2, 0.25) is 0 Å². The molecule has 1 amide bonds. The third-order valence-electron chi connectivity index (χ3n) is 3.08. The molecule has 1 rings (SSSR count). The minimum atomic E-state index is 0.0108. The molecular weight excluding hydrogens is 198 g/mol. The second-order valence-electron chi connectivity index (χ2n) is 5.34. The van der Waals surface area contributed by atoms with Crippen molar-refractivity contribution in [3.63, 3.8) is 0 Å². The zero-order valence-electron chi connectivity index (χ0n) is 10.6. The molecule has 1 unspecified atom stereocenters. The quantitative estimate of drug-likeness (QED) is 0.831. The molecule has 1 aromatic carbocycles. The lowest BCUT2D eigenvalue weighted by atomic mass is 9.82. The Morgan fingerprint density at radius 2 is 1.81 bits per heavy atom. The van der Waals surface area contributed by atoms with Crippen LogP contribution >= 0.6 is 0 Å². The highest BCUT2D eigenvalue weighted by Crippen LogP contribution is 2.24. The second-order valence-corrected chi connectivity index (χ2v) is 5.34. The molecule has 0 spiro atoms. The summed E-state index contributed by atoms with van der Waals surface area (Å²) in [7, 11) is 0. The molecule has 0 aromatic heterocycles. The lowest BCUT2D eigenvalue weighted by molar-refractivity contribution is 0.0937. The number of rotatable bonds is 3. The molecule has 0 heterocycles. The summed E-state index contributed by atoms with van der Waals surface area (Å²) in [5.74, 6) is 0.469. The number of carbonyl (C=O) groups is 1. The summed E-state index contributed by atoms with van der Waals surface area (Å²) in [5.41, 5.74) is 0.952. The molecule has 0 aliphatic rings. The number of carbonyl (C=O) groups excluding carboxylic acids is 1. The van der Waals surface area contributed by atoms with E-state index in [0.717, 1.165) is 12.1 Å². The van der Waals surface area contributed by atoms with Gasteiger partial charge in [0.25, 0.3) is 5.91 Å². The molecule has 0 radical (unpaired) electrons. The average Bonchev–Trinajstić information content (AvgIpc) is 2.25. The van der Waals surface area contributed by atoms with E-state index in [1.807, 2.05) is 30.3 Å². The van der Waals surface area contributed by atoms with Crippen molar-refractivity contribution >= 4 is 5.91 Å². The highest BCUT2D eigenvalue weighted by molar-refractivity contribution is 5.94. The summed E-state index contributed by atoms with van der Waals surface area (Å²) in [4.78, 5) is 11.8. The second kappa shape index (κ2) is 5.15. The van der Waals surface area contributed by atoms with Crippen LogP contribution in [0.25, 0.3) is 0 Å². The van der Waals surface area contributed by atoms with Gasteiger partial charge in [0.1, 0.15) is 0 Å². The largest absolute Gasteiger partial charge is 0.352 e. The van der Waals surface area contributed by atoms with Crippen LogP contribution in [-0.4, -0.2) is 12.5 Å². The van der Waals surface area contributed by atoms with Crippen molar-refractivity contribution in [2.24, 2.45) is 11.3 Å². The van der Waals surface area contributed by atoms with E-state index in [2.05, 4.69) is 33.0 Å². The molecule has 0 saturated carbocycles. The van der Waals surface area contributed by atoms with Gasteiger partial charge in [0, 0.05) is 12.1 Å². The fraction of sp³-hybridized carbons (Fsp3) is 0.500. The molecule has 88 valence electrons. The molecule has 1 atom stereocenters. The number of benzene rings is 1. The normalized spacial score (nSPS) is 13.2. The predicted molar refractivity (Wildman–Crippen MR) is 67.4 cm³/mol. The molecule has 0 saturated heterocycles. The molecule has 0 bridgehead atoms. The molecule has 0 fully saturated rings. The maximum Gasteiger partial charge on any atom is 0.251 e. The van der Waals surface area contributed by atoms with E-state index in [0.29, 0.717) is 5.92 Å². The lowest BCUT2D eigenvalue weighted by Crippen LogP contribution is -2.33. The Hall–Kier alpha value is -1.31. The molecule has 2 heteroatoms. The molecule has 0 aliphatic heterocycles. The first-order chi connectivity index (χ1) is 7.41. The molecular formula is C14H21NO. The van der Waals surface area contributed by atoms with Crippen molar-refractivity contribution in [3.8, 4) is 0 Å². The number of nitrogens with one attached hydrogen (secondary N) is 1. The van der Waals surface area contributed by atoms with Crippen LogP contribution in [0.3, 0.4) is 0 Å². The number of hydrogen-bond donors (Lipinski definition) is 1. The van der Waals surface area contributed by atoms with Crippen LogP contribution in [0.15, 0.2) is 30.3 Å². The van der Waals surface area contributed by atoms with Gasteiger partial charge in [-0.3, -0.25) is 4.79 Å². The summed E-state index contributed by atoms with van der Waals surface area (Å²) in [6.07, 6.45) is 0. The van der Waals surface area contributed by atoms with Gasteiger partial charge in [-0.25, -0.2) is 0 Å². The molecule has 1 N–H and O–H groups in total. The van der Waals surface area contributed by atoms with Crippen molar-refractivity contribution in [1.82, 2.24) is 5.32 Å². The zero-order chi connectivity index (χ0) is 12.2. The van der Waals surface area contributed by atoms with Gasteiger partial charge in [-0.2, -0.15) is 0 Å². The Balaban J connectivity index is 2.48. The SMILES string of the molecule is CC(CNC(=O)c1ccccc1)C(C)(C)C. The fourth-order valence-corrected chi connectivity index (χ4v) is 1.24. The fourth-order valence-electron chi connectivity index (χ4n) is 1.24. The Bertz CT molecular complexity index is 338. The van der Waals surface area contributed by atoms with Gasteiger partial charge >= 0.3 is 0 Å². The van der Waals surface area contributed by atoms with Gasteiger partial charge in [0.2, 0.25) is 0 Å². The maximum absolute atomic E-state index is 11.8. The van der Waals surface area contributed by atoms with E-state index < -0.39 is 0 Å². The highest BCUT2D eigenvalue weighted by atomic mass is 16.1. The predicted octanol–water partition coefficient (Wildman–Crippen LogP) is 3.10. The van der Waals surface area contributed by atoms with Crippen molar-refractivity contribution in [2.75, 3.05) is 6.54 Å². The molecule has 2 nitrogen and oxygen atoms in total. The average molecular weight is 219 g/mol. The van der Waals surface area contributed by atoms with Crippen molar-refractivity contribution < 1.29 is 4.79 Å². The standard InChI is InChI=1S/C14H21NO/c1-11(14(2,3)4)10-15-13(16)12-8-6-5-7-9-12/h5-9,11H,10H2,1-4H3,(H,15,16). The van der Waals surface area contributed by atoms with Crippen LogP contribution in [0, 0.1) is 11.3 Å². The first kappa shape index (κ1) is 12.8. The summed E-state index contributed by atoms with van der Waals surface area (Å²) >= 11 is 0. The van der Waals surface area contributed by atoms with E-state index in [1.54, 1.807) is 0 Å². The van der Waals surface area contributed by atoms with Crippen LogP contribution in [-0.2, 0) is 0 Å². The number of hydrogen-bond acceptors (Lipinski definition) is 1. The topological polar surface area (TPSA) is 29.1 Å². The van der Waals surface area contributed by atoms with E-state index in [1.165, 1.54) is 0 Å². The van der Waals surface area contributed by atoms with Crippen molar-refractivity contribution in [2.45, 2.75) is 27.7 Å². The smallest absolute Gasteiger partial charge is 0.251 e. The van der Waals surface area contributed by atoms with Gasteiger partial charge in [0.15, 0.2) is 0 Å². The minimum Gasteiger partial charge on any atom is -0.352 e. The van der Waals surface area contributed by atoms with Crippen LogP contribution in [0.4, 0.5) is 0 Å². The first-order valence-electron chi connectivity index (χ1n) is 5.74. The van der Waals surface area contributed by atoms with Gasteiger partial charge < -0.3 is 5.32 Å². The van der Waals surface area contributed by atoms with Crippen LogP contribution in [0.1, 0.15) is 38.1 Å². The highest BCUT2D eigenvalue weighted by Gasteiger charge is 2.20. The first-order valence-corrected chi connectivity index (χ1v) is 5.74. The van der Waals surface area contributed by atoms with Crippen molar-refractivity contribution in [1.29, 1.82) is 0 Å².